The third-order valence-electron chi connectivity index (χ3n) is 4.68. The molecule has 6 nitrogen and oxygen atoms in total. The Labute approximate surface area is 179 Å². The van der Waals surface area contributed by atoms with Crippen LogP contribution in [0.3, 0.4) is 0 Å². The van der Waals surface area contributed by atoms with Crippen LogP contribution in [0.4, 0.5) is 4.39 Å². The van der Waals surface area contributed by atoms with Gasteiger partial charge in [-0.1, -0.05) is 30.3 Å². The molecule has 0 unspecified atom stereocenters. The number of fused-ring (bicyclic) bond motifs is 1. The van der Waals surface area contributed by atoms with Crippen molar-refractivity contribution in [3.05, 3.63) is 77.0 Å². The zero-order valence-corrected chi connectivity index (χ0v) is 17.3. The molecule has 0 saturated carbocycles. The lowest BCUT2D eigenvalue weighted by Crippen LogP contribution is -2.42. The predicted molar refractivity (Wildman–Crippen MR) is 116 cm³/mol. The second-order valence-corrected chi connectivity index (χ2v) is 7.59. The van der Waals surface area contributed by atoms with Gasteiger partial charge >= 0.3 is 0 Å². The van der Waals surface area contributed by atoms with Gasteiger partial charge < -0.3 is 20.7 Å². The average molecular weight is 431 g/mol. The Balaban J connectivity index is 1.76. The van der Waals surface area contributed by atoms with Gasteiger partial charge in [0.25, 0.3) is 5.91 Å². The SMILES string of the molecule is C=C(NCC[C@H](C)O)[C@H](Cc1ccc(F)cc1)NC(=O)c1cc2ccc(Cl)nc2[nH]1. The second kappa shape index (κ2) is 9.73. The highest BCUT2D eigenvalue weighted by atomic mass is 35.5. The van der Waals surface area contributed by atoms with E-state index in [0.29, 0.717) is 41.6 Å². The van der Waals surface area contributed by atoms with E-state index in [0.717, 1.165) is 10.9 Å². The molecule has 30 heavy (non-hydrogen) atoms. The largest absolute Gasteiger partial charge is 0.393 e. The fourth-order valence-corrected chi connectivity index (χ4v) is 3.17. The molecule has 2 aromatic heterocycles. The Morgan fingerprint density at radius 3 is 2.73 bits per heavy atom. The van der Waals surface area contributed by atoms with Gasteiger partial charge in [-0.25, -0.2) is 9.37 Å². The Hall–Kier alpha value is -2.90. The summed E-state index contributed by atoms with van der Waals surface area (Å²) in [6, 6.07) is 10.8. The topological polar surface area (TPSA) is 90.0 Å². The van der Waals surface area contributed by atoms with Crippen LogP contribution in [0.1, 0.15) is 29.4 Å². The summed E-state index contributed by atoms with van der Waals surface area (Å²) in [5.41, 5.74) is 2.33. The van der Waals surface area contributed by atoms with Crippen LogP contribution < -0.4 is 10.6 Å². The molecule has 3 aromatic rings. The Kier molecular flexibility index (Phi) is 7.07. The van der Waals surface area contributed by atoms with Crippen LogP contribution in [0.25, 0.3) is 11.0 Å². The smallest absolute Gasteiger partial charge is 0.268 e. The highest BCUT2D eigenvalue weighted by molar-refractivity contribution is 6.29. The Morgan fingerprint density at radius 1 is 1.30 bits per heavy atom. The number of hydrogen-bond donors (Lipinski definition) is 4. The molecule has 8 heteroatoms. The lowest BCUT2D eigenvalue weighted by molar-refractivity contribution is 0.0937. The van der Waals surface area contributed by atoms with Crippen molar-refractivity contribution in [3.8, 4) is 0 Å². The number of carbonyl (C=O) groups excluding carboxylic acids is 1. The van der Waals surface area contributed by atoms with Crippen LogP contribution in [0.2, 0.25) is 5.15 Å². The first-order chi connectivity index (χ1) is 14.3. The zero-order chi connectivity index (χ0) is 21.7. The summed E-state index contributed by atoms with van der Waals surface area (Å²) in [5.74, 6) is -0.646. The molecule has 3 rings (SSSR count). The van der Waals surface area contributed by atoms with Gasteiger partial charge in [0.15, 0.2) is 0 Å². The molecule has 0 bridgehead atoms. The van der Waals surface area contributed by atoms with Crippen molar-refractivity contribution in [2.24, 2.45) is 0 Å². The minimum absolute atomic E-state index is 0.322. The van der Waals surface area contributed by atoms with E-state index in [4.69, 9.17) is 11.6 Å². The lowest BCUT2D eigenvalue weighted by Gasteiger charge is -2.23. The number of nitrogens with zero attached hydrogens (tertiary/aromatic N) is 1. The molecule has 0 aliphatic carbocycles. The van der Waals surface area contributed by atoms with Crippen molar-refractivity contribution >= 4 is 28.5 Å². The van der Waals surface area contributed by atoms with E-state index in [2.05, 4.69) is 27.2 Å². The number of rotatable bonds is 9. The highest BCUT2D eigenvalue weighted by Crippen LogP contribution is 2.17. The second-order valence-electron chi connectivity index (χ2n) is 7.20. The average Bonchev–Trinajstić information content (AvgIpc) is 3.12. The van der Waals surface area contributed by atoms with Crippen molar-refractivity contribution in [1.82, 2.24) is 20.6 Å². The molecule has 0 saturated heterocycles. The number of H-pyrrole nitrogens is 1. The van der Waals surface area contributed by atoms with Gasteiger partial charge in [-0.05, 0) is 55.7 Å². The monoisotopic (exact) mass is 430 g/mol. The summed E-state index contributed by atoms with van der Waals surface area (Å²) >= 11 is 5.91. The Morgan fingerprint density at radius 2 is 2.03 bits per heavy atom. The number of aromatic amines is 1. The number of halogens is 2. The minimum atomic E-state index is -0.445. The highest BCUT2D eigenvalue weighted by Gasteiger charge is 2.19. The van der Waals surface area contributed by atoms with Crippen LogP contribution in [0.15, 0.2) is 54.7 Å². The number of aliphatic hydroxyl groups is 1. The number of nitrogens with one attached hydrogen (secondary N) is 3. The molecule has 0 spiro atoms. The van der Waals surface area contributed by atoms with Gasteiger partial charge in [0, 0.05) is 17.6 Å². The maximum atomic E-state index is 13.2. The first-order valence-electron chi connectivity index (χ1n) is 9.63. The van der Waals surface area contributed by atoms with Gasteiger partial charge in [0.05, 0.1) is 12.1 Å². The van der Waals surface area contributed by atoms with Crippen LogP contribution >= 0.6 is 11.6 Å². The van der Waals surface area contributed by atoms with E-state index in [9.17, 15) is 14.3 Å². The van der Waals surface area contributed by atoms with E-state index in [1.807, 2.05) is 0 Å². The van der Waals surface area contributed by atoms with E-state index >= 15 is 0 Å². The van der Waals surface area contributed by atoms with Crippen LogP contribution in [0.5, 0.6) is 0 Å². The number of carbonyl (C=O) groups is 1. The van der Waals surface area contributed by atoms with Gasteiger partial charge in [0.1, 0.15) is 22.3 Å². The molecule has 0 aliphatic rings. The molecule has 1 amide bonds. The van der Waals surface area contributed by atoms with E-state index in [1.54, 1.807) is 37.3 Å². The fourth-order valence-electron chi connectivity index (χ4n) is 3.02. The predicted octanol–water partition coefficient (Wildman–Crippen LogP) is 3.57. The van der Waals surface area contributed by atoms with E-state index in [1.165, 1.54) is 12.1 Å². The van der Waals surface area contributed by atoms with Gasteiger partial charge in [0.2, 0.25) is 0 Å². The number of aliphatic hydroxyl groups excluding tert-OH is 1. The van der Waals surface area contributed by atoms with Crippen LogP contribution in [-0.2, 0) is 6.42 Å². The van der Waals surface area contributed by atoms with Crippen LogP contribution in [-0.4, -0.2) is 39.7 Å². The molecule has 0 fully saturated rings. The third kappa shape index (κ3) is 5.81. The molecule has 2 heterocycles. The molecule has 158 valence electrons. The summed E-state index contributed by atoms with van der Waals surface area (Å²) in [5, 5.41) is 16.7. The molecule has 2 atom stereocenters. The van der Waals surface area contributed by atoms with Gasteiger partial charge in [-0.2, -0.15) is 0 Å². The molecule has 4 N–H and O–H groups in total. The van der Waals surface area contributed by atoms with Crippen molar-refractivity contribution in [1.29, 1.82) is 0 Å². The number of pyridine rings is 1. The van der Waals surface area contributed by atoms with Crippen molar-refractivity contribution in [2.45, 2.75) is 31.9 Å². The summed E-state index contributed by atoms with van der Waals surface area (Å²) in [7, 11) is 0. The van der Waals surface area contributed by atoms with Gasteiger partial charge in [-0.15, -0.1) is 0 Å². The Bertz CT molecular complexity index is 1030. The standard InChI is InChI=1S/C22H24ClFN4O2/c1-13(29)9-10-25-14(2)18(11-15-3-6-17(24)7-4-15)27-22(30)19-12-16-5-8-20(23)28-21(16)26-19/h3-8,12-13,18,25,29H,2,9-11H2,1H3,(H,26,28)(H,27,30)/t13-,18-/m0/s1. The fraction of sp³-hybridized carbons (Fsp3) is 0.273. The first kappa shape index (κ1) is 21.8. The summed E-state index contributed by atoms with van der Waals surface area (Å²) < 4.78 is 13.2. The van der Waals surface area contributed by atoms with E-state index in [-0.39, 0.29) is 11.7 Å². The van der Waals surface area contributed by atoms with Crippen molar-refractivity contribution < 1.29 is 14.3 Å². The summed E-state index contributed by atoms with van der Waals surface area (Å²) in [4.78, 5) is 20.0. The maximum absolute atomic E-state index is 13.2. The molecule has 0 radical (unpaired) electrons. The number of hydrogen-bond acceptors (Lipinski definition) is 4. The molecular formula is C22H24ClFN4O2. The maximum Gasteiger partial charge on any atom is 0.268 e. The zero-order valence-electron chi connectivity index (χ0n) is 16.6. The number of benzene rings is 1. The first-order valence-corrected chi connectivity index (χ1v) is 10.0. The number of amides is 1. The van der Waals surface area contributed by atoms with Gasteiger partial charge in [-0.3, -0.25) is 4.79 Å². The van der Waals surface area contributed by atoms with Crippen molar-refractivity contribution in [2.75, 3.05) is 6.54 Å². The number of aromatic nitrogens is 2. The quantitative estimate of drug-likeness (QED) is 0.391. The van der Waals surface area contributed by atoms with Crippen molar-refractivity contribution in [3.63, 3.8) is 0 Å². The minimum Gasteiger partial charge on any atom is -0.393 e. The summed E-state index contributed by atoms with van der Waals surface area (Å²) in [6.07, 6.45) is 0.530. The third-order valence-corrected chi connectivity index (χ3v) is 4.89. The molecule has 0 aliphatic heterocycles. The molecule has 1 aromatic carbocycles. The van der Waals surface area contributed by atoms with Crippen LogP contribution in [0, 0.1) is 5.82 Å². The normalized spacial score (nSPS) is 13.1. The molecular weight excluding hydrogens is 407 g/mol. The lowest BCUT2D eigenvalue weighted by atomic mass is 10.0. The summed E-state index contributed by atoms with van der Waals surface area (Å²) in [6.45, 7) is 6.27. The van der Waals surface area contributed by atoms with E-state index < -0.39 is 12.1 Å².